The van der Waals surface area contributed by atoms with Gasteiger partial charge < -0.3 is 9.77 Å². The molecule has 0 aliphatic carbocycles. The number of rotatable bonds is 1. The van der Waals surface area contributed by atoms with Crippen molar-refractivity contribution in [1.82, 2.24) is 4.57 Å². The molecule has 0 aromatic carbocycles. The van der Waals surface area contributed by atoms with E-state index in [-0.39, 0.29) is 0 Å². The van der Waals surface area contributed by atoms with E-state index in [1.807, 2.05) is 29.9 Å². The van der Waals surface area contributed by atoms with Gasteiger partial charge in [-0.2, -0.15) is 0 Å². The molecule has 0 saturated carbocycles. The van der Waals surface area contributed by atoms with E-state index in [2.05, 4.69) is 5.16 Å². The summed E-state index contributed by atoms with van der Waals surface area (Å²) in [6, 6.07) is 3.75. The maximum Gasteiger partial charge on any atom is 0.0898 e. The summed E-state index contributed by atoms with van der Waals surface area (Å²) in [5.41, 5.74) is 0.887. The third kappa shape index (κ3) is 1.10. The van der Waals surface area contributed by atoms with Crippen molar-refractivity contribution in [3.63, 3.8) is 0 Å². The largest absolute Gasteiger partial charge is 0.411 e. The molecule has 3 nitrogen and oxygen atoms in total. The van der Waals surface area contributed by atoms with E-state index in [1.54, 1.807) is 0 Å². The average molecular weight is 124 g/mol. The number of hydrogen-bond donors (Lipinski definition) is 1. The van der Waals surface area contributed by atoms with Crippen molar-refractivity contribution in [1.29, 1.82) is 0 Å². The Morgan fingerprint density at radius 1 is 1.78 bits per heavy atom. The monoisotopic (exact) mass is 124 g/mol. The SMILES string of the molecule is Cn1cccc1/C=N/O. The van der Waals surface area contributed by atoms with Crippen molar-refractivity contribution in [2.75, 3.05) is 0 Å². The molecule has 0 bridgehead atoms. The minimum absolute atomic E-state index is 0.887. The van der Waals surface area contributed by atoms with Crippen LogP contribution in [0.15, 0.2) is 23.5 Å². The normalized spacial score (nSPS) is 10.8. The van der Waals surface area contributed by atoms with Crippen LogP contribution in [0.25, 0.3) is 0 Å². The van der Waals surface area contributed by atoms with E-state index < -0.39 is 0 Å². The number of aromatic nitrogens is 1. The first-order chi connectivity index (χ1) is 4.34. The molecule has 0 radical (unpaired) electrons. The van der Waals surface area contributed by atoms with E-state index in [0.717, 1.165) is 5.69 Å². The van der Waals surface area contributed by atoms with Crippen LogP contribution >= 0.6 is 0 Å². The van der Waals surface area contributed by atoms with Crippen LogP contribution < -0.4 is 0 Å². The molecule has 1 aromatic heterocycles. The van der Waals surface area contributed by atoms with Crippen LogP contribution in [0.2, 0.25) is 0 Å². The molecule has 1 rings (SSSR count). The highest BCUT2D eigenvalue weighted by Crippen LogP contribution is 1.93. The van der Waals surface area contributed by atoms with Gasteiger partial charge in [-0.15, -0.1) is 0 Å². The molecule has 3 heteroatoms. The highest BCUT2D eigenvalue weighted by molar-refractivity contribution is 5.76. The molecule has 0 amide bonds. The fourth-order valence-corrected chi connectivity index (χ4v) is 0.668. The second-order valence-corrected chi connectivity index (χ2v) is 1.79. The zero-order chi connectivity index (χ0) is 6.69. The van der Waals surface area contributed by atoms with Crippen molar-refractivity contribution in [3.05, 3.63) is 24.0 Å². The van der Waals surface area contributed by atoms with Crippen LogP contribution in [-0.2, 0) is 7.05 Å². The van der Waals surface area contributed by atoms with Crippen molar-refractivity contribution in [2.45, 2.75) is 0 Å². The Labute approximate surface area is 53.2 Å². The zero-order valence-corrected chi connectivity index (χ0v) is 5.15. The van der Waals surface area contributed by atoms with Gasteiger partial charge >= 0.3 is 0 Å². The Hall–Kier alpha value is -1.25. The van der Waals surface area contributed by atoms with Crippen LogP contribution in [0, 0.1) is 0 Å². The zero-order valence-electron chi connectivity index (χ0n) is 5.15. The van der Waals surface area contributed by atoms with Crippen molar-refractivity contribution >= 4 is 6.21 Å². The summed E-state index contributed by atoms with van der Waals surface area (Å²) in [4.78, 5) is 0. The molecule has 0 aliphatic rings. The highest BCUT2D eigenvalue weighted by Gasteiger charge is 1.88. The Morgan fingerprint density at radius 2 is 2.56 bits per heavy atom. The van der Waals surface area contributed by atoms with Gasteiger partial charge in [-0.25, -0.2) is 0 Å². The molecule has 9 heavy (non-hydrogen) atoms. The van der Waals surface area contributed by atoms with E-state index in [1.165, 1.54) is 6.21 Å². The molecule has 1 N–H and O–H groups in total. The maximum atomic E-state index is 8.12. The van der Waals surface area contributed by atoms with Crippen molar-refractivity contribution < 1.29 is 5.21 Å². The second-order valence-electron chi connectivity index (χ2n) is 1.79. The van der Waals surface area contributed by atoms with Gasteiger partial charge in [-0.3, -0.25) is 0 Å². The fourth-order valence-electron chi connectivity index (χ4n) is 0.668. The Balaban J connectivity index is 2.94. The van der Waals surface area contributed by atoms with Crippen LogP contribution in [0.5, 0.6) is 0 Å². The van der Waals surface area contributed by atoms with Crippen LogP contribution in [0.3, 0.4) is 0 Å². The topological polar surface area (TPSA) is 37.5 Å². The highest BCUT2D eigenvalue weighted by atomic mass is 16.4. The first-order valence-corrected chi connectivity index (χ1v) is 2.63. The summed E-state index contributed by atoms with van der Waals surface area (Å²) < 4.78 is 1.86. The Morgan fingerprint density at radius 3 is 3.00 bits per heavy atom. The standard InChI is InChI=1S/C6H8N2O/c1-8-4-2-3-6(8)5-7-9/h2-5,9H,1H3/b7-5+. The van der Waals surface area contributed by atoms with E-state index in [9.17, 15) is 0 Å². The van der Waals surface area contributed by atoms with Crippen LogP contribution in [-0.4, -0.2) is 16.0 Å². The average Bonchev–Trinajstić information content (AvgIpc) is 2.18. The van der Waals surface area contributed by atoms with E-state index >= 15 is 0 Å². The van der Waals surface area contributed by atoms with Crippen molar-refractivity contribution in [3.8, 4) is 0 Å². The van der Waals surface area contributed by atoms with Gasteiger partial charge in [0.25, 0.3) is 0 Å². The quantitative estimate of drug-likeness (QED) is 0.336. The van der Waals surface area contributed by atoms with Gasteiger partial charge in [0.05, 0.1) is 11.9 Å². The van der Waals surface area contributed by atoms with Crippen molar-refractivity contribution in [2.24, 2.45) is 12.2 Å². The molecular weight excluding hydrogens is 116 g/mol. The molecule has 0 fully saturated rings. The number of hydrogen-bond acceptors (Lipinski definition) is 2. The smallest absolute Gasteiger partial charge is 0.0898 e. The van der Waals surface area contributed by atoms with E-state index in [4.69, 9.17) is 5.21 Å². The summed E-state index contributed by atoms with van der Waals surface area (Å²) in [6.45, 7) is 0. The minimum Gasteiger partial charge on any atom is -0.411 e. The molecule has 1 heterocycles. The molecular formula is C6H8N2O. The number of aryl methyl sites for hydroxylation is 1. The molecule has 0 atom stereocenters. The predicted octanol–water partition coefficient (Wildman–Crippen LogP) is 0.833. The van der Waals surface area contributed by atoms with E-state index in [0.29, 0.717) is 0 Å². The van der Waals surface area contributed by atoms with Gasteiger partial charge in [0.15, 0.2) is 0 Å². The lowest BCUT2D eigenvalue weighted by atomic mass is 10.5. The second kappa shape index (κ2) is 2.35. The Kier molecular flexibility index (Phi) is 1.53. The lowest BCUT2D eigenvalue weighted by molar-refractivity contribution is 0.321. The lowest BCUT2D eigenvalue weighted by Crippen LogP contribution is -1.91. The van der Waals surface area contributed by atoms with Crippen LogP contribution in [0.1, 0.15) is 5.69 Å². The van der Waals surface area contributed by atoms with Crippen LogP contribution in [0.4, 0.5) is 0 Å². The lowest BCUT2D eigenvalue weighted by Gasteiger charge is -1.91. The maximum absolute atomic E-state index is 8.12. The molecule has 48 valence electrons. The minimum atomic E-state index is 0.887. The number of oxime groups is 1. The summed E-state index contributed by atoms with van der Waals surface area (Å²) in [6.07, 6.45) is 3.27. The third-order valence-corrected chi connectivity index (χ3v) is 1.17. The summed E-state index contributed by atoms with van der Waals surface area (Å²) in [5, 5.41) is 11.0. The molecule has 1 aromatic rings. The van der Waals surface area contributed by atoms with Gasteiger partial charge in [0.2, 0.25) is 0 Å². The van der Waals surface area contributed by atoms with Gasteiger partial charge in [0, 0.05) is 13.2 Å². The number of nitrogens with zero attached hydrogens (tertiary/aromatic N) is 2. The third-order valence-electron chi connectivity index (χ3n) is 1.17. The molecule has 0 saturated heterocycles. The molecule has 0 spiro atoms. The van der Waals surface area contributed by atoms with Gasteiger partial charge in [-0.05, 0) is 12.1 Å². The van der Waals surface area contributed by atoms with Gasteiger partial charge in [-0.1, -0.05) is 5.16 Å². The fraction of sp³-hybridized carbons (Fsp3) is 0.167. The first kappa shape index (κ1) is 5.88. The first-order valence-electron chi connectivity index (χ1n) is 2.63. The summed E-state index contributed by atoms with van der Waals surface area (Å²) >= 11 is 0. The summed E-state index contributed by atoms with van der Waals surface area (Å²) in [5.74, 6) is 0. The Bertz CT molecular complexity index is 215. The van der Waals surface area contributed by atoms with Gasteiger partial charge in [0.1, 0.15) is 0 Å². The summed E-state index contributed by atoms with van der Waals surface area (Å²) in [7, 11) is 1.89. The predicted molar refractivity (Wildman–Crippen MR) is 34.8 cm³/mol. The molecule has 0 unspecified atom stereocenters. The molecule has 0 aliphatic heterocycles.